The van der Waals surface area contributed by atoms with Gasteiger partial charge in [0.05, 0.1) is 10.6 Å². The Morgan fingerprint density at radius 2 is 1.91 bits per heavy atom. The summed E-state index contributed by atoms with van der Waals surface area (Å²) in [5.74, 6) is 0.0504. The van der Waals surface area contributed by atoms with Crippen LogP contribution in [0.3, 0.4) is 0 Å². The van der Waals surface area contributed by atoms with Gasteiger partial charge in [-0.05, 0) is 98.5 Å². The van der Waals surface area contributed by atoms with E-state index in [9.17, 15) is 34.7 Å². The Hall–Kier alpha value is -3.60. The molecule has 232 valence electrons. The lowest BCUT2D eigenvalue weighted by atomic mass is 9.46. The van der Waals surface area contributed by atoms with Crippen LogP contribution in [-0.2, 0) is 19.2 Å². The van der Waals surface area contributed by atoms with E-state index < -0.39 is 35.6 Å². The first kappa shape index (κ1) is 30.8. The van der Waals surface area contributed by atoms with E-state index >= 15 is 0 Å². The number of ketones is 1. The van der Waals surface area contributed by atoms with Crippen molar-refractivity contribution in [1.29, 1.82) is 0 Å². The monoisotopic (exact) mass is 595 g/mol. The van der Waals surface area contributed by atoms with E-state index in [0.717, 1.165) is 56.7 Å². The number of carboxylic acids is 1. The van der Waals surface area contributed by atoms with Gasteiger partial charge in [0, 0.05) is 18.1 Å². The number of aliphatic hydroxyl groups excluding tert-OH is 1. The Bertz CT molecular complexity index is 1370. The van der Waals surface area contributed by atoms with Crippen molar-refractivity contribution in [2.75, 3.05) is 6.61 Å². The fourth-order valence-corrected chi connectivity index (χ4v) is 8.99. The molecule has 1 aromatic rings. The number of benzene rings is 1. The Morgan fingerprint density at radius 3 is 2.60 bits per heavy atom. The summed E-state index contributed by atoms with van der Waals surface area (Å²) in [6.07, 6.45) is 8.50. The van der Waals surface area contributed by atoms with Crippen LogP contribution in [0.5, 0.6) is 0 Å². The van der Waals surface area contributed by atoms with Crippen LogP contribution in [-0.4, -0.2) is 51.2 Å². The van der Waals surface area contributed by atoms with E-state index in [0.29, 0.717) is 30.0 Å². The molecule has 3 fully saturated rings. The molecule has 3 saturated carbocycles. The molecule has 0 aliphatic heterocycles. The number of nitro groups is 1. The predicted molar refractivity (Wildman–Crippen MR) is 157 cm³/mol. The van der Waals surface area contributed by atoms with Crippen molar-refractivity contribution >= 4 is 29.1 Å². The lowest BCUT2D eigenvalue weighted by molar-refractivity contribution is -0.385. The number of nitrogens with one attached hydrogen (secondary N) is 1. The minimum absolute atomic E-state index is 0.0103. The van der Waals surface area contributed by atoms with Crippen molar-refractivity contribution in [3.05, 3.63) is 51.6 Å². The molecule has 0 saturated heterocycles. The molecule has 1 amide bonds. The van der Waals surface area contributed by atoms with Crippen molar-refractivity contribution in [1.82, 2.24) is 5.32 Å². The molecule has 3 N–H and O–H groups in total. The zero-order valence-electron chi connectivity index (χ0n) is 25.0. The number of rotatable bonds is 9. The van der Waals surface area contributed by atoms with Crippen molar-refractivity contribution in [2.45, 2.75) is 84.3 Å². The quantitative estimate of drug-likeness (QED) is 0.272. The summed E-state index contributed by atoms with van der Waals surface area (Å²) < 4.78 is 0. The molecule has 8 unspecified atom stereocenters. The number of nitro benzene ring substituents is 1. The van der Waals surface area contributed by atoms with Gasteiger partial charge >= 0.3 is 5.97 Å². The SMILES string of the molecule is CC(=O)C1CCC2C3CCC4=C/C(=N/OCC(=O)NC(C(=O)O)C(O)c5cccc([N+](=O)[O-])c5)CCC4(C)C3CCC12C. The molecule has 0 heterocycles. The molecule has 8 atom stereocenters. The summed E-state index contributed by atoms with van der Waals surface area (Å²) in [5, 5.41) is 37.6. The molecule has 4 aliphatic rings. The fraction of sp³-hybridized carbons (Fsp3) is 0.625. The molecule has 5 rings (SSSR count). The minimum Gasteiger partial charge on any atom is -0.480 e. The normalized spacial score (nSPS) is 33.7. The molecule has 4 aliphatic carbocycles. The van der Waals surface area contributed by atoms with E-state index in [1.165, 1.54) is 23.8 Å². The number of carbonyl (C=O) groups excluding carboxylic acids is 2. The maximum absolute atomic E-state index is 12.5. The Labute approximate surface area is 250 Å². The summed E-state index contributed by atoms with van der Waals surface area (Å²) >= 11 is 0. The number of nitrogens with zero attached hydrogens (tertiary/aromatic N) is 2. The number of aliphatic hydroxyl groups is 1. The van der Waals surface area contributed by atoms with Crippen molar-refractivity contribution in [3.8, 4) is 0 Å². The van der Waals surface area contributed by atoms with Gasteiger partial charge in [-0.2, -0.15) is 0 Å². The van der Waals surface area contributed by atoms with Gasteiger partial charge < -0.3 is 20.4 Å². The average Bonchev–Trinajstić information content (AvgIpc) is 3.33. The Kier molecular flexibility index (Phi) is 8.48. The highest BCUT2D eigenvalue weighted by atomic mass is 16.6. The van der Waals surface area contributed by atoms with Crippen LogP contribution in [0, 0.1) is 44.6 Å². The van der Waals surface area contributed by atoms with Crippen molar-refractivity contribution in [2.24, 2.45) is 39.7 Å². The van der Waals surface area contributed by atoms with Crippen LogP contribution in [0.1, 0.15) is 83.8 Å². The minimum atomic E-state index is -1.73. The number of allylic oxidation sites excluding steroid dienone is 2. The van der Waals surface area contributed by atoms with E-state index in [4.69, 9.17) is 4.84 Å². The van der Waals surface area contributed by atoms with Crippen LogP contribution in [0.25, 0.3) is 0 Å². The summed E-state index contributed by atoms with van der Waals surface area (Å²) in [6, 6.07) is 3.23. The number of hydrogen-bond acceptors (Lipinski definition) is 8. The van der Waals surface area contributed by atoms with Crippen LogP contribution in [0.4, 0.5) is 5.69 Å². The molecular formula is C32H41N3O8. The third-order valence-corrected chi connectivity index (χ3v) is 11.2. The molecule has 0 aromatic heterocycles. The molecule has 0 bridgehead atoms. The second-order valence-electron chi connectivity index (χ2n) is 13.3. The van der Waals surface area contributed by atoms with Gasteiger partial charge in [-0.15, -0.1) is 0 Å². The first-order chi connectivity index (χ1) is 20.3. The summed E-state index contributed by atoms with van der Waals surface area (Å²) in [5.41, 5.74) is 1.98. The smallest absolute Gasteiger partial charge is 0.329 e. The topological polar surface area (TPSA) is 168 Å². The highest BCUT2D eigenvalue weighted by molar-refractivity contribution is 5.96. The highest BCUT2D eigenvalue weighted by Crippen LogP contribution is 2.66. The lowest BCUT2D eigenvalue weighted by Gasteiger charge is -2.58. The van der Waals surface area contributed by atoms with Gasteiger partial charge in [0.25, 0.3) is 11.6 Å². The summed E-state index contributed by atoms with van der Waals surface area (Å²) in [7, 11) is 0. The number of fused-ring (bicyclic) bond motifs is 5. The Morgan fingerprint density at radius 1 is 1.14 bits per heavy atom. The summed E-state index contributed by atoms with van der Waals surface area (Å²) in [4.78, 5) is 52.4. The number of Topliss-reactive ketones (excluding diaryl/α,β-unsaturated/α-hetero) is 1. The van der Waals surface area contributed by atoms with Crippen LogP contribution in [0.2, 0.25) is 0 Å². The number of hydrogen-bond donors (Lipinski definition) is 3. The van der Waals surface area contributed by atoms with Crippen molar-refractivity contribution in [3.63, 3.8) is 0 Å². The largest absolute Gasteiger partial charge is 0.480 e. The second-order valence-corrected chi connectivity index (χ2v) is 13.3. The third kappa shape index (κ3) is 5.71. The number of amides is 1. The molecule has 11 nitrogen and oxygen atoms in total. The van der Waals surface area contributed by atoms with E-state index in [1.807, 2.05) is 0 Å². The van der Waals surface area contributed by atoms with Gasteiger partial charge in [0.1, 0.15) is 11.9 Å². The van der Waals surface area contributed by atoms with Crippen LogP contribution >= 0.6 is 0 Å². The lowest BCUT2D eigenvalue weighted by Crippen LogP contribution is -2.51. The average molecular weight is 596 g/mol. The molecule has 43 heavy (non-hydrogen) atoms. The fourth-order valence-electron chi connectivity index (χ4n) is 8.99. The van der Waals surface area contributed by atoms with Gasteiger partial charge in [-0.1, -0.05) is 36.7 Å². The van der Waals surface area contributed by atoms with Gasteiger partial charge in [0.2, 0.25) is 0 Å². The first-order valence-electron chi connectivity index (χ1n) is 15.2. The molecule has 11 heteroatoms. The zero-order valence-corrected chi connectivity index (χ0v) is 25.0. The van der Waals surface area contributed by atoms with Gasteiger partial charge in [-0.3, -0.25) is 19.7 Å². The number of carboxylic acid groups (broad SMARTS) is 1. The first-order valence-corrected chi connectivity index (χ1v) is 15.2. The van der Waals surface area contributed by atoms with Gasteiger partial charge in [0.15, 0.2) is 12.6 Å². The number of non-ortho nitro benzene ring substituents is 1. The van der Waals surface area contributed by atoms with E-state index in [2.05, 4.69) is 30.4 Å². The number of oxime groups is 1. The second kappa shape index (κ2) is 11.8. The van der Waals surface area contributed by atoms with Crippen molar-refractivity contribution < 1.29 is 34.4 Å². The summed E-state index contributed by atoms with van der Waals surface area (Å²) in [6.45, 7) is 5.94. The molecule has 1 aromatic carbocycles. The third-order valence-electron chi connectivity index (χ3n) is 11.2. The molecule has 0 spiro atoms. The highest BCUT2D eigenvalue weighted by Gasteiger charge is 2.59. The van der Waals surface area contributed by atoms with E-state index in [-0.39, 0.29) is 28.0 Å². The standard InChI is InChI=1S/C32H41N3O8/c1-18(36)24-9-10-25-23-8-7-20-16-21(11-13-31(20,2)26(23)12-14-32(24,25)3)34-43-17-27(37)33-28(30(39)40)29(38)19-5-4-6-22(15-19)35(41)42/h4-6,15-16,23-26,28-29,38H,7-14,17H2,1-3H3,(H,33,37)(H,39,40)/b34-21+. The predicted octanol–water partition coefficient (Wildman–Crippen LogP) is 4.74. The Balaban J connectivity index is 1.20. The van der Waals surface area contributed by atoms with E-state index in [1.54, 1.807) is 6.92 Å². The number of carbonyl (C=O) groups is 3. The van der Waals surface area contributed by atoms with Crippen LogP contribution < -0.4 is 5.32 Å². The molecular weight excluding hydrogens is 554 g/mol. The maximum atomic E-state index is 12.5. The molecule has 0 radical (unpaired) electrons. The van der Waals surface area contributed by atoms with Crippen LogP contribution in [0.15, 0.2) is 41.1 Å². The maximum Gasteiger partial charge on any atom is 0.329 e. The van der Waals surface area contributed by atoms with Gasteiger partial charge in [-0.25, -0.2) is 4.79 Å². The zero-order chi connectivity index (χ0) is 31.1. The number of aliphatic carboxylic acids is 1.